The number of rotatable bonds is 2. The maximum atomic E-state index is 12.8. The van der Waals surface area contributed by atoms with Gasteiger partial charge in [-0.3, -0.25) is 0 Å². The second kappa shape index (κ2) is 5.73. The van der Waals surface area contributed by atoms with E-state index in [1.165, 1.54) is 18.2 Å². The van der Waals surface area contributed by atoms with Gasteiger partial charge in [-0.2, -0.15) is 13.2 Å². The largest absolute Gasteiger partial charge is 0.418 e. The fourth-order valence-electron chi connectivity index (χ4n) is 1.41. The van der Waals surface area contributed by atoms with Crippen molar-refractivity contribution in [1.29, 1.82) is 0 Å². The van der Waals surface area contributed by atoms with Gasteiger partial charge in [0.2, 0.25) is 0 Å². The molecule has 0 saturated carbocycles. The van der Waals surface area contributed by atoms with Crippen LogP contribution < -0.4 is 10.6 Å². The van der Waals surface area contributed by atoms with Gasteiger partial charge in [-0.1, -0.05) is 32.9 Å². The first kappa shape index (κ1) is 16.3. The summed E-state index contributed by atoms with van der Waals surface area (Å²) < 4.78 is 38.3. The van der Waals surface area contributed by atoms with E-state index < -0.39 is 17.8 Å². The molecule has 0 radical (unpaired) electrons. The average molecular weight is 288 g/mol. The summed E-state index contributed by atoms with van der Waals surface area (Å²) in [5, 5.41) is 4.88. The van der Waals surface area contributed by atoms with E-state index in [0.29, 0.717) is 0 Å². The molecule has 0 fully saturated rings. The molecule has 1 aromatic rings. The Morgan fingerprint density at radius 2 is 1.70 bits per heavy atom. The van der Waals surface area contributed by atoms with Crippen LogP contribution in [0.4, 0.5) is 23.7 Å². The van der Waals surface area contributed by atoms with Crippen molar-refractivity contribution in [2.24, 2.45) is 5.41 Å². The Balaban J connectivity index is 2.82. The quantitative estimate of drug-likeness (QED) is 0.838. The summed E-state index contributed by atoms with van der Waals surface area (Å²) in [5.41, 5.74) is -1.29. The predicted molar refractivity (Wildman–Crippen MR) is 72.5 cm³/mol. The first-order valence-corrected chi connectivity index (χ1v) is 6.25. The van der Waals surface area contributed by atoms with Crippen LogP contribution in [0.5, 0.6) is 0 Å². The minimum atomic E-state index is -4.50. The van der Waals surface area contributed by atoms with Crippen molar-refractivity contribution in [3.63, 3.8) is 0 Å². The number of urea groups is 1. The summed E-state index contributed by atoms with van der Waals surface area (Å²) in [6.07, 6.45) is -4.50. The summed E-state index contributed by atoms with van der Waals surface area (Å²) in [6.45, 7) is 7.60. The van der Waals surface area contributed by atoms with Gasteiger partial charge >= 0.3 is 12.2 Å². The number of alkyl halides is 3. The Labute approximate surface area is 116 Å². The lowest BCUT2D eigenvalue weighted by Crippen LogP contribution is -2.43. The summed E-state index contributed by atoms with van der Waals surface area (Å²) in [4.78, 5) is 11.8. The highest BCUT2D eigenvalue weighted by molar-refractivity contribution is 5.90. The number of hydrogen-bond donors (Lipinski definition) is 2. The minimum Gasteiger partial charge on any atom is -0.335 e. The van der Waals surface area contributed by atoms with Crippen molar-refractivity contribution in [1.82, 2.24) is 5.32 Å². The van der Waals surface area contributed by atoms with Gasteiger partial charge in [0.1, 0.15) is 0 Å². The van der Waals surface area contributed by atoms with Crippen molar-refractivity contribution in [3.8, 4) is 0 Å². The van der Waals surface area contributed by atoms with E-state index in [4.69, 9.17) is 0 Å². The lowest BCUT2D eigenvalue weighted by Gasteiger charge is -2.28. The minimum absolute atomic E-state index is 0.180. The molecule has 20 heavy (non-hydrogen) atoms. The number of carbonyl (C=O) groups is 1. The zero-order chi connectivity index (χ0) is 15.6. The van der Waals surface area contributed by atoms with Crippen molar-refractivity contribution in [3.05, 3.63) is 29.8 Å². The Kier molecular flexibility index (Phi) is 4.68. The van der Waals surface area contributed by atoms with Crippen molar-refractivity contribution in [2.45, 2.75) is 39.9 Å². The molecule has 3 nitrogen and oxygen atoms in total. The van der Waals surface area contributed by atoms with Gasteiger partial charge in [-0.05, 0) is 24.5 Å². The third-order valence-corrected chi connectivity index (χ3v) is 3.13. The molecule has 0 bridgehead atoms. The van der Waals surface area contributed by atoms with Crippen LogP contribution in [-0.2, 0) is 6.18 Å². The number of para-hydroxylation sites is 1. The fraction of sp³-hybridized carbons (Fsp3) is 0.500. The van der Waals surface area contributed by atoms with E-state index in [9.17, 15) is 18.0 Å². The van der Waals surface area contributed by atoms with Crippen LogP contribution in [0.25, 0.3) is 0 Å². The topological polar surface area (TPSA) is 41.1 Å². The third-order valence-electron chi connectivity index (χ3n) is 3.13. The molecule has 1 atom stereocenters. The van der Waals surface area contributed by atoms with Gasteiger partial charge in [0.15, 0.2) is 0 Å². The second-order valence-corrected chi connectivity index (χ2v) is 5.73. The Hall–Kier alpha value is -1.72. The molecule has 1 rings (SSSR count). The maximum absolute atomic E-state index is 12.8. The molecule has 0 spiro atoms. The standard InChI is InChI=1S/C14H19F3N2O/c1-9(13(2,3)4)18-12(20)19-11-8-6-5-7-10(11)14(15,16)17/h5-9H,1-4H3,(H2,18,19,20). The van der Waals surface area contributed by atoms with E-state index in [1.54, 1.807) is 6.92 Å². The van der Waals surface area contributed by atoms with Crippen LogP contribution in [0.2, 0.25) is 0 Å². The van der Waals surface area contributed by atoms with Gasteiger partial charge in [0, 0.05) is 6.04 Å². The van der Waals surface area contributed by atoms with Crippen LogP contribution in [-0.4, -0.2) is 12.1 Å². The Morgan fingerprint density at radius 1 is 1.15 bits per heavy atom. The van der Waals surface area contributed by atoms with Gasteiger partial charge < -0.3 is 10.6 Å². The molecule has 0 aromatic heterocycles. The zero-order valence-electron chi connectivity index (χ0n) is 11.9. The molecule has 2 amide bonds. The van der Waals surface area contributed by atoms with E-state index >= 15 is 0 Å². The first-order valence-electron chi connectivity index (χ1n) is 6.25. The highest BCUT2D eigenvalue weighted by Crippen LogP contribution is 2.34. The van der Waals surface area contributed by atoms with Crippen molar-refractivity contribution < 1.29 is 18.0 Å². The zero-order valence-corrected chi connectivity index (χ0v) is 11.9. The molecule has 0 aliphatic rings. The lowest BCUT2D eigenvalue weighted by molar-refractivity contribution is -0.136. The fourth-order valence-corrected chi connectivity index (χ4v) is 1.41. The van der Waals surface area contributed by atoms with Gasteiger partial charge in [-0.15, -0.1) is 0 Å². The molecule has 0 aliphatic carbocycles. The summed E-state index contributed by atoms with van der Waals surface area (Å²) >= 11 is 0. The summed E-state index contributed by atoms with van der Waals surface area (Å²) in [7, 11) is 0. The maximum Gasteiger partial charge on any atom is 0.418 e. The van der Waals surface area contributed by atoms with Crippen LogP contribution in [0, 0.1) is 5.41 Å². The second-order valence-electron chi connectivity index (χ2n) is 5.73. The van der Waals surface area contributed by atoms with Gasteiger partial charge in [0.25, 0.3) is 0 Å². The Bertz CT molecular complexity index is 478. The average Bonchev–Trinajstić information content (AvgIpc) is 2.26. The number of amides is 2. The molecular formula is C14H19F3N2O. The van der Waals surface area contributed by atoms with Crippen LogP contribution in [0.15, 0.2) is 24.3 Å². The SMILES string of the molecule is CC(NC(=O)Nc1ccccc1C(F)(F)F)C(C)(C)C. The van der Waals surface area contributed by atoms with E-state index in [2.05, 4.69) is 10.6 Å². The monoisotopic (exact) mass is 288 g/mol. The lowest BCUT2D eigenvalue weighted by atomic mass is 9.88. The van der Waals surface area contributed by atoms with E-state index in [-0.39, 0.29) is 17.1 Å². The van der Waals surface area contributed by atoms with Crippen LogP contribution in [0.3, 0.4) is 0 Å². The number of carbonyl (C=O) groups excluding carboxylic acids is 1. The molecule has 0 saturated heterocycles. The molecule has 2 N–H and O–H groups in total. The third kappa shape index (κ3) is 4.43. The predicted octanol–water partition coefficient (Wildman–Crippen LogP) is 4.26. The van der Waals surface area contributed by atoms with E-state index in [1.807, 2.05) is 20.8 Å². The molecular weight excluding hydrogens is 269 g/mol. The van der Waals surface area contributed by atoms with E-state index in [0.717, 1.165) is 6.07 Å². The molecule has 1 unspecified atom stereocenters. The van der Waals surface area contributed by atoms with Crippen molar-refractivity contribution >= 4 is 11.7 Å². The van der Waals surface area contributed by atoms with Crippen molar-refractivity contribution in [2.75, 3.05) is 5.32 Å². The Morgan fingerprint density at radius 3 is 2.20 bits per heavy atom. The molecule has 112 valence electrons. The van der Waals surface area contributed by atoms with Gasteiger partial charge in [-0.25, -0.2) is 4.79 Å². The molecule has 0 aliphatic heterocycles. The smallest absolute Gasteiger partial charge is 0.335 e. The molecule has 6 heteroatoms. The number of anilines is 1. The molecule has 0 heterocycles. The normalized spacial score (nSPS) is 13.8. The highest BCUT2D eigenvalue weighted by Gasteiger charge is 2.33. The highest BCUT2D eigenvalue weighted by atomic mass is 19.4. The number of benzene rings is 1. The summed E-state index contributed by atoms with van der Waals surface area (Å²) in [6, 6.07) is 4.05. The van der Waals surface area contributed by atoms with Crippen LogP contribution in [0.1, 0.15) is 33.3 Å². The number of halogens is 3. The van der Waals surface area contributed by atoms with Crippen LogP contribution >= 0.6 is 0 Å². The number of hydrogen-bond acceptors (Lipinski definition) is 1. The number of nitrogens with one attached hydrogen (secondary N) is 2. The molecule has 1 aromatic carbocycles. The summed E-state index contributed by atoms with van der Waals surface area (Å²) in [5.74, 6) is 0. The first-order chi connectivity index (χ1) is 9.01. The van der Waals surface area contributed by atoms with Gasteiger partial charge in [0.05, 0.1) is 11.3 Å².